The predicted octanol–water partition coefficient (Wildman–Crippen LogP) is 1.18. The number of hydrogen-bond donors (Lipinski definition) is 1. The van der Waals surface area contributed by atoms with Crippen LogP contribution in [-0.2, 0) is 0 Å². The molecule has 0 aliphatic rings. The monoisotopic (exact) mass is 178 g/mol. The minimum atomic E-state index is 0.611. The highest BCUT2D eigenvalue weighted by atomic mass is 32.1. The Labute approximate surface area is 73.1 Å². The number of aromatic nitrogens is 3. The molecule has 60 valence electrons. The molecule has 0 aliphatic heterocycles. The van der Waals surface area contributed by atoms with Crippen LogP contribution in [0, 0.1) is 0 Å². The van der Waals surface area contributed by atoms with Gasteiger partial charge in [-0.15, -0.1) is 11.3 Å². The quantitative estimate of drug-likeness (QED) is 0.712. The van der Waals surface area contributed by atoms with Gasteiger partial charge in [-0.05, 0) is 0 Å². The van der Waals surface area contributed by atoms with E-state index < -0.39 is 0 Å². The Morgan fingerprint density at radius 3 is 2.75 bits per heavy atom. The number of nitrogens with zero attached hydrogens (tertiary/aromatic N) is 3. The van der Waals surface area contributed by atoms with Crippen molar-refractivity contribution < 1.29 is 0 Å². The van der Waals surface area contributed by atoms with E-state index in [1.165, 1.54) is 17.5 Å². The van der Waals surface area contributed by atoms with Gasteiger partial charge in [0.25, 0.3) is 0 Å². The van der Waals surface area contributed by atoms with Gasteiger partial charge in [0.2, 0.25) is 0 Å². The summed E-state index contributed by atoms with van der Waals surface area (Å²) >= 11 is 1.53. The molecule has 2 N–H and O–H groups in total. The Kier molecular flexibility index (Phi) is 1.71. The van der Waals surface area contributed by atoms with Crippen molar-refractivity contribution in [2.45, 2.75) is 0 Å². The number of nitrogens with two attached hydrogens (primary N) is 1. The van der Waals surface area contributed by atoms with E-state index in [4.69, 9.17) is 5.73 Å². The minimum Gasteiger partial charge on any atom is -0.397 e. The molecular formula is C7H6N4S. The molecule has 4 nitrogen and oxygen atoms in total. The zero-order valence-corrected chi connectivity index (χ0v) is 6.95. The molecule has 2 aromatic heterocycles. The SMILES string of the molecule is Nc1cnncc1-c1nccs1. The second-order valence-electron chi connectivity index (χ2n) is 2.20. The van der Waals surface area contributed by atoms with Gasteiger partial charge in [0.05, 0.1) is 23.6 Å². The lowest BCUT2D eigenvalue weighted by atomic mass is 10.3. The predicted molar refractivity (Wildman–Crippen MR) is 47.6 cm³/mol. The highest BCUT2D eigenvalue weighted by molar-refractivity contribution is 7.13. The Morgan fingerprint density at radius 2 is 2.08 bits per heavy atom. The molecule has 2 aromatic rings. The zero-order valence-electron chi connectivity index (χ0n) is 6.14. The first kappa shape index (κ1) is 7.17. The fourth-order valence-electron chi connectivity index (χ4n) is 0.866. The molecule has 0 bridgehead atoms. The third-order valence-corrected chi connectivity index (χ3v) is 2.23. The van der Waals surface area contributed by atoms with Crippen molar-refractivity contribution in [3.05, 3.63) is 24.0 Å². The fraction of sp³-hybridized carbons (Fsp3) is 0. The number of thiazole rings is 1. The van der Waals surface area contributed by atoms with E-state index in [1.807, 2.05) is 5.38 Å². The molecule has 0 fully saturated rings. The summed E-state index contributed by atoms with van der Waals surface area (Å²) in [6.45, 7) is 0. The van der Waals surface area contributed by atoms with Crippen molar-refractivity contribution in [2.75, 3.05) is 5.73 Å². The summed E-state index contributed by atoms with van der Waals surface area (Å²) in [6.07, 6.45) is 4.88. The summed E-state index contributed by atoms with van der Waals surface area (Å²) in [5, 5.41) is 10.2. The molecule has 0 radical (unpaired) electrons. The molecule has 0 saturated heterocycles. The molecule has 0 atom stereocenters. The first-order chi connectivity index (χ1) is 5.88. The van der Waals surface area contributed by atoms with E-state index >= 15 is 0 Å². The second kappa shape index (κ2) is 2.86. The Balaban J connectivity index is 2.55. The third-order valence-electron chi connectivity index (χ3n) is 1.42. The van der Waals surface area contributed by atoms with Gasteiger partial charge in [-0.25, -0.2) is 4.98 Å². The summed E-state index contributed by atoms with van der Waals surface area (Å²) in [5.74, 6) is 0. The smallest absolute Gasteiger partial charge is 0.127 e. The number of hydrogen-bond acceptors (Lipinski definition) is 5. The lowest BCUT2D eigenvalue weighted by molar-refractivity contribution is 1.04. The van der Waals surface area contributed by atoms with Crippen LogP contribution in [0.4, 0.5) is 5.69 Å². The van der Waals surface area contributed by atoms with E-state index in [0.717, 1.165) is 10.6 Å². The van der Waals surface area contributed by atoms with Crippen LogP contribution >= 0.6 is 11.3 Å². The maximum atomic E-state index is 5.68. The van der Waals surface area contributed by atoms with Crippen LogP contribution in [-0.4, -0.2) is 15.2 Å². The molecule has 0 amide bonds. The average Bonchev–Trinajstić information content (AvgIpc) is 2.57. The van der Waals surface area contributed by atoms with Crippen molar-refractivity contribution in [1.82, 2.24) is 15.2 Å². The first-order valence-electron chi connectivity index (χ1n) is 3.34. The van der Waals surface area contributed by atoms with Crippen LogP contribution in [0.5, 0.6) is 0 Å². The summed E-state index contributed by atoms with van der Waals surface area (Å²) in [6, 6.07) is 0. The van der Waals surface area contributed by atoms with E-state index in [9.17, 15) is 0 Å². The van der Waals surface area contributed by atoms with Crippen LogP contribution in [0.3, 0.4) is 0 Å². The molecule has 0 aliphatic carbocycles. The van der Waals surface area contributed by atoms with E-state index in [1.54, 1.807) is 12.4 Å². The normalized spacial score (nSPS) is 10.0. The van der Waals surface area contributed by atoms with Gasteiger partial charge in [-0.3, -0.25) is 0 Å². The van der Waals surface area contributed by atoms with Crippen LogP contribution in [0.15, 0.2) is 24.0 Å². The zero-order chi connectivity index (χ0) is 8.39. The van der Waals surface area contributed by atoms with Crippen LogP contribution in [0.2, 0.25) is 0 Å². The van der Waals surface area contributed by atoms with Gasteiger partial charge in [0, 0.05) is 11.6 Å². The van der Waals surface area contributed by atoms with E-state index in [-0.39, 0.29) is 0 Å². The topological polar surface area (TPSA) is 64.7 Å². The molecule has 0 aromatic carbocycles. The Hall–Kier alpha value is -1.49. The van der Waals surface area contributed by atoms with Crippen molar-refractivity contribution in [3.8, 4) is 10.6 Å². The van der Waals surface area contributed by atoms with Crippen LogP contribution < -0.4 is 5.73 Å². The van der Waals surface area contributed by atoms with Gasteiger partial charge in [0.1, 0.15) is 5.01 Å². The maximum absolute atomic E-state index is 5.68. The second-order valence-corrected chi connectivity index (χ2v) is 3.09. The number of nitrogen functional groups attached to an aromatic ring is 1. The molecule has 2 heterocycles. The molecule has 0 unspecified atom stereocenters. The van der Waals surface area contributed by atoms with Gasteiger partial charge in [0.15, 0.2) is 0 Å². The molecule has 5 heteroatoms. The standard InChI is InChI=1S/C7H6N4S/c8-6-4-11-10-3-5(6)7-9-1-2-12-7/h1-4H,(H2,8,10). The van der Waals surface area contributed by atoms with Crippen molar-refractivity contribution in [1.29, 1.82) is 0 Å². The average molecular weight is 178 g/mol. The van der Waals surface area contributed by atoms with E-state index in [2.05, 4.69) is 15.2 Å². The summed E-state index contributed by atoms with van der Waals surface area (Å²) in [4.78, 5) is 4.12. The molecule has 0 spiro atoms. The van der Waals surface area contributed by atoms with Crippen LogP contribution in [0.1, 0.15) is 0 Å². The highest BCUT2D eigenvalue weighted by Gasteiger charge is 2.03. The molecular weight excluding hydrogens is 172 g/mol. The summed E-state index contributed by atoms with van der Waals surface area (Å²) < 4.78 is 0. The van der Waals surface area contributed by atoms with Crippen molar-refractivity contribution >= 4 is 17.0 Å². The molecule has 12 heavy (non-hydrogen) atoms. The number of rotatable bonds is 1. The van der Waals surface area contributed by atoms with Crippen molar-refractivity contribution in [2.24, 2.45) is 0 Å². The van der Waals surface area contributed by atoms with Gasteiger partial charge in [-0.1, -0.05) is 0 Å². The van der Waals surface area contributed by atoms with Crippen molar-refractivity contribution in [3.63, 3.8) is 0 Å². The molecule has 0 saturated carbocycles. The highest BCUT2D eigenvalue weighted by Crippen LogP contribution is 2.25. The van der Waals surface area contributed by atoms with Gasteiger partial charge < -0.3 is 5.73 Å². The lowest BCUT2D eigenvalue weighted by Gasteiger charge is -1.97. The largest absolute Gasteiger partial charge is 0.397 e. The summed E-state index contributed by atoms with van der Waals surface area (Å²) in [7, 11) is 0. The Bertz CT molecular complexity index is 371. The number of anilines is 1. The van der Waals surface area contributed by atoms with Gasteiger partial charge >= 0.3 is 0 Å². The third kappa shape index (κ3) is 1.14. The first-order valence-corrected chi connectivity index (χ1v) is 4.22. The maximum Gasteiger partial charge on any atom is 0.127 e. The van der Waals surface area contributed by atoms with Crippen LogP contribution in [0.25, 0.3) is 10.6 Å². The van der Waals surface area contributed by atoms with E-state index in [0.29, 0.717) is 5.69 Å². The van der Waals surface area contributed by atoms with Gasteiger partial charge in [-0.2, -0.15) is 10.2 Å². The molecule has 2 rings (SSSR count). The lowest BCUT2D eigenvalue weighted by Crippen LogP contribution is -1.92. The minimum absolute atomic E-state index is 0.611. The Morgan fingerprint density at radius 1 is 1.25 bits per heavy atom. The summed E-state index contributed by atoms with van der Waals surface area (Å²) in [5.41, 5.74) is 7.13. The fourth-order valence-corrected chi connectivity index (χ4v) is 1.54.